The zero-order valence-electron chi connectivity index (χ0n) is 18.0. The van der Waals surface area contributed by atoms with Gasteiger partial charge in [-0.05, 0) is 69.1 Å². The Kier molecular flexibility index (Phi) is 3.80. The molecule has 5 aromatic carbocycles. The van der Waals surface area contributed by atoms with E-state index in [0.29, 0.717) is 10.8 Å². The zero-order chi connectivity index (χ0) is 22.1. The van der Waals surface area contributed by atoms with Crippen molar-refractivity contribution in [2.24, 2.45) is 0 Å². The van der Waals surface area contributed by atoms with Crippen LogP contribution < -0.4 is 11.3 Å². The summed E-state index contributed by atoms with van der Waals surface area (Å²) in [6.45, 7) is 0. The Hall–Kier alpha value is -3.98. The summed E-state index contributed by atoms with van der Waals surface area (Å²) in [4.78, 5) is 27.0. The molecule has 0 saturated heterocycles. The van der Waals surface area contributed by atoms with Crippen molar-refractivity contribution in [1.29, 1.82) is 0 Å². The molecule has 0 spiro atoms. The standard InChI is InChI=1S/C30H20O3/c31-29-27-23-15-7-3-11-19(23)17-9-1-5-13-21(17)25(27)26-22-14-6-2-10-18(22)20-12-4-8-16-24(20)28(26)30(32)33-29/h1-3,5-7,9-11,13-15H,4,8,12,16H2. The first-order chi connectivity index (χ1) is 16.2. The van der Waals surface area contributed by atoms with E-state index in [4.69, 9.17) is 4.42 Å². The molecule has 1 aliphatic carbocycles. The number of fused-ring (bicyclic) bond motifs is 13. The first-order valence-electron chi connectivity index (χ1n) is 11.5. The lowest BCUT2D eigenvalue weighted by Crippen LogP contribution is -2.11. The highest BCUT2D eigenvalue weighted by molar-refractivity contribution is 6.34. The lowest BCUT2D eigenvalue weighted by atomic mass is 9.82. The molecule has 0 saturated carbocycles. The van der Waals surface area contributed by atoms with Gasteiger partial charge in [0.05, 0.1) is 10.8 Å². The molecule has 3 nitrogen and oxygen atoms in total. The second-order valence-corrected chi connectivity index (χ2v) is 8.98. The first-order valence-corrected chi connectivity index (χ1v) is 11.5. The normalized spacial score (nSPS) is 13.8. The molecule has 7 rings (SSSR count). The van der Waals surface area contributed by atoms with Crippen molar-refractivity contribution < 1.29 is 4.42 Å². The fourth-order valence-electron chi connectivity index (χ4n) is 6.01. The monoisotopic (exact) mass is 428 g/mol. The van der Waals surface area contributed by atoms with Gasteiger partial charge in [0.15, 0.2) is 0 Å². The second kappa shape index (κ2) is 6.76. The SMILES string of the molecule is O=c1oc(=O)c2c3ccccc3c3ccccc3c2c2c1c1c(c3ccccc32)CCCC1. The highest BCUT2D eigenvalue weighted by atomic mass is 16.4. The van der Waals surface area contributed by atoms with Crippen LogP contribution in [0.2, 0.25) is 0 Å². The Labute approximate surface area is 188 Å². The Bertz CT molecular complexity index is 1910. The van der Waals surface area contributed by atoms with Crippen LogP contribution in [0.1, 0.15) is 24.0 Å². The molecule has 1 aliphatic rings. The van der Waals surface area contributed by atoms with E-state index in [1.807, 2.05) is 42.5 Å². The van der Waals surface area contributed by atoms with E-state index < -0.39 is 11.3 Å². The summed E-state index contributed by atoms with van der Waals surface area (Å²) in [5.74, 6) is 0. The molecule has 3 heteroatoms. The maximum Gasteiger partial charge on any atom is 0.347 e. The molecule has 0 amide bonds. The van der Waals surface area contributed by atoms with Gasteiger partial charge in [-0.15, -0.1) is 0 Å². The summed E-state index contributed by atoms with van der Waals surface area (Å²) in [5, 5.41) is 8.77. The van der Waals surface area contributed by atoms with E-state index >= 15 is 0 Å². The molecule has 158 valence electrons. The Morgan fingerprint density at radius 3 is 1.52 bits per heavy atom. The Morgan fingerprint density at radius 1 is 0.455 bits per heavy atom. The molecule has 33 heavy (non-hydrogen) atoms. The lowest BCUT2D eigenvalue weighted by Gasteiger charge is -2.20. The maximum atomic E-state index is 13.5. The minimum atomic E-state index is -0.568. The molecular weight excluding hydrogens is 408 g/mol. The molecule has 6 aromatic rings. The summed E-state index contributed by atoms with van der Waals surface area (Å²) >= 11 is 0. The van der Waals surface area contributed by atoms with E-state index in [-0.39, 0.29) is 0 Å². The van der Waals surface area contributed by atoms with Gasteiger partial charge < -0.3 is 4.42 Å². The first kappa shape index (κ1) is 18.6. The Balaban J connectivity index is 1.98. The predicted molar refractivity (Wildman–Crippen MR) is 135 cm³/mol. The zero-order valence-corrected chi connectivity index (χ0v) is 18.0. The van der Waals surface area contributed by atoms with Gasteiger partial charge in [-0.25, -0.2) is 9.59 Å². The van der Waals surface area contributed by atoms with Crippen LogP contribution in [-0.2, 0) is 12.8 Å². The van der Waals surface area contributed by atoms with E-state index in [1.165, 1.54) is 10.9 Å². The van der Waals surface area contributed by atoms with E-state index in [2.05, 4.69) is 30.3 Å². The molecule has 0 radical (unpaired) electrons. The van der Waals surface area contributed by atoms with Crippen LogP contribution in [0.25, 0.3) is 53.9 Å². The van der Waals surface area contributed by atoms with Gasteiger partial charge >= 0.3 is 11.3 Å². The molecule has 0 unspecified atom stereocenters. The highest BCUT2D eigenvalue weighted by Crippen LogP contribution is 2.42. The van der Waals surface area contributed by atoms with Crippen LogP contribution in [0.5, 0.6) is 0 Å². The minimum absolute atomic E-state index is 0.484. The Morgan fingerprint density at radius 2 is 0.879 bits per heavy atom. The third-order valence-electron chi connectivity index (χ3n) is 7.32. The van der Waals surface area contributed by atoms with Gasteiger partial charge in [0, 0.05) is 10.8 Å². The fraction of sp³-hybridized carbons (Fsp3) is 0.133. The van der Waals surface area contributed by atoms with Crippen molar-refractivity contribution in [3.63, 3.8) is 0 Å². The van der Waals surface area contributed by atoms with Crippen LogP contribution >= 0.6 is 0 Å². The van der Waals surface area contributed by atoms with Crippen molar-refractivity contribution >= 4 is 53.9 Å². The summed E-state index contributed by atoms with van der Waals surface area (Å²) in [6.07, 6.45) is 3.90. The quantitative estimate of drug-likeness (QED) is 0.255. The third kappa shape index (κ3) is 2.45. The smallest absolute Gasteiger partial charge is 0.347 e. The van der Waals surface area contributed by atoms with Crippen LogP contribution in [0.3, 0.4) is 0 Å². The predicted octanol–water partition coefficient (Wildman–Crippen LogP) is 6.64. The van der Waals surface area contributed by atoms with Gasteiger partial charge in [0.2, 0.25) is 0 Å². The number of hydrogen-bond donors (Lipinski definition) is 0. The summed E-state index contributed by atoms with van der Waals surface area (Å²) in [5.41, 5.74) is 1.19. The van der Waals surface area contributed by atoms with Crippen molar-refractivity contribution in [3.05, 3.63) is 105 Å². The average molecular weight is 428 g/mol. The number of rotatable bonds is 0. The van der Waals surface area contributed by atoms with Crippen LogP contribution in [0.15, 0.2) is 86.8 Å². The summed E-state index contributed by atoms with van der Waals surface area (Å²) in [6, 6.07) is 24.4. The van der Waals surface area contributed by atoms with Gasteiger partial charge in [-0.1, -0.05) is 72.8 Å². The average Bonchev–Trinajstić information content (AvgIpc) is 2.98. The van der Waals surface area contributed by atoms with Gasteiger partial charge in [-0.3, -0.25) is 0 Å². The number of hydrogen-bond acceptors (Lipinski definition) is 3. The molecule has 0 N–H and O–H groups in total. The van der Waals surface area contributed by atoms with Crippen molar-refractivity contribution in [2.45, 2.75) is 25.7 Å². The van der Waals surface area contributed by atoms with E-state index in [0.717, 1.165) is 69.0 Å². The minimum Gasteiger partial charge on any atom is -0.386 e. The number of aryl methyl sites for hydroxylation is 2. The lowest BCUT2D eigenvalue weighted by molar-refractivity contribution is 0.491. The molecule has 0 aliphatic heterocycles. The van der Waals surface area contributed by atoms with Gasteiger partial charge in [0.1, 0.15) is 0 Å². The molecule has 1 aromatic heterocycles. The van der Waals surface area contributed by atoms with E-state index in [1.54, 1.807) is 0 Å². The maximum absolute atomic E-state index is 13.5. The van der Waals surface area contributed by atoms with Crippen LogP contribution in [0.4, 0.5) is 0 Å². The fourth-order valence-corrected chi connectivity index (χ4v) is 6.01. The summed E-state index contributed by atoms with van der Waals surface area (Å²) in [7, 11) is 0. The second-order valence-electron chi connectivity index (χ2n) is 8.98. The molecule has 0 fully saturated rings. The van der Waals surface area contributed by atoms with E-state index in [9.17, 15) is 9.59 Å². The van der Waals surface area contributed by atoms with Crippen molar-refractivity contribution in [3.8, 4) is 0 Å². The van der Waals surface area contributed by atoms with Crippen LogP contribution in [-0.4, -0.2) is 0 Å². The molecule has 1 heterocycles. The molecule has 0 atom stereocenters. The van der Waals surface area contributed by atoms with Crippen molar-refractivity contribution in [2.75, 3.05) is 0 Å². The topological polar surface area (TPSA) is 47.3 Å². The third-order valence-corrected chi connectivity index (χ3v) is 7.32. The van der Waals surface area contributed by atoms with Crippen molar-refractivity contribution in [1.82, 2.24) is 0 Å². The molecule has 0 bridgehead atoms. The highest BCUT2D eigenvalue weighted by Gasteiger charge is 2.23. The van der Waals surface area contributed by atoms with Crippen LogP contribution in [0, 0.1) is 0 Å². The van der Waals surface area contributed by atoms with Gasteiger partial charge in [-0.2, -0.15) is 0 Å². The largest absolute Gasteiger partial charge is 0.386 e. The number of benzene rings is 5. The molecular formula is C30H20O3. The van der Waals surface area contributed by atoms with Gasteiger partial charge in [0.25, 0.3) is 0 Å². The summed E-state index contributed by atoms with van der Waals surface area (Å²) < 4.78 is 5.56.